The lowest BCUT2D eigenvalue weighted by atomic mass is 9.88. The molecule has 0 saturated carbocycles. The molecule has 2 aliphatic heterocycles. The van der Waals surface area contributed by atoms with Crippen LogP contribution in [0.1, 0.15) is 27.2 Å². The second-order valence-electron chi connectivity index (χ2n) is 7.43. The molecule has 2 rings (SSSR count). The molecular weight excluding hydrogens is 378 g/mol. The Labute approximate surface area is 170 Å². The molecule has 3 atom stereocenters. The fourth-order valence-electron chi connectivity index (χ4n) is 3.13. The van der Waals surface area contributed by atoms with Gasteiger partial charge >= 0.3 is 17.9 Å². The van der Waals surface area contributed by atoms with Crippen LogP contribution in [0.4, 0.5) is 0 Å². The molecule has 0 fully saturated rings. The minimum atomic E-state index is -1.69. The minimum absolute atomic E-state index is 0.0676. The molecule has 29 heavy (non-hydrogen) atoms. The predicted octanol–water partition coefficient (Wildman–Crippen LogP) is 1.36. The average Bonchev–Trinajstić information content (AvgIpc) is 2.65. The van der Waals surface area contributed by atoms with E-state index in [0.717, 1.165) is 0 Å². The lowest BCUT2D eigenvalue weighted by Gasteiger charge is -2.32. The van der Waals surface area contributed by atoms with Crippen LogP contribution < -0.4 is 0 Å². The largest absolute Gasteiger partial charge is 0.458 e. The highest BCUT2D eigenvalue weighted by Gasteiger charge is 2.44. The molecule has 0 spiro atoms. The van der Waals surface area contributed by atoms with Crippen molar-refractivity contribution in [2.24, 2.45) is 5.92 Å². The van der Waals surface area contributed by atoms with E-state index in [1.165, 1.54) is 26.0 Å². The summed E-state index contributed by atoms with van der Waals surface area (Å²) in [7, 11) is 1.87. The van der Waals surface area contributed by atoms with Gasteiger partial charge in [-0.2, -0.15) is 0 Å². The molecule has 8 heteroatoms. The highest BCUT2D eigenvalue weighted by Crippen LogP contribution is 2.28. The SMILES string of the molecule is C=C/C1=C\C(C)C(C)(OC(C)=O)C(=O)OC/C2=C/CN(C)CCC(OC1=O)C2=O. The van der Waals surface area contributed by atoms with Gasteiger partial charge in [0.15, 0.2) is 6.10 Å². The summed E-state index contributed by atoms with van der Waals surface area (Å²) < 4.78 is 16.1. The zero-order valence-corrected chi connectivity index (χ0v) is 17.2. The molecule has 0 amide bonds. The lowest BCUT2D eigenvalue weighted by Crippen LogP contribution is -2.47. The third-order valence-electron chi connectivity index (χ3n) is 5.15. The smallest absolute Gasteiger partial charge is 0.351 e. The highest BCUT2D eigenvalue weighted by molar-refractivity contribution is 6.02. The molecule has 0 aromatic rings. The molecule has 2 aliphatic rings. The number of hydrogen-bond acceptors (Lipinski definition) is 8. The Bertz CT molecular complexity index is 782. The van der Waals surface area contributed by atoms with Crippen LogP contribution in [0.15, 0.2) is 36.0 Å². The molecule has 0 N–H and O–H groups in total. The van der Waals surface area contributed by atoms with E-state index in [9.17, 15) is 19.2 Å². The topological polar surface area (TPSA) is 99.2 Å². The number of ether oxygens (including phenoxy) is 3. The van der Waals surface area contributed by atoms with Crippen LogP contribution in [-0.4, -0.2) is 67.0 Å². The number of Topliss-reactive ketones (excluding diaryl/α,β-unsaturated/α-hetero) is 1. The van der Waals surface area contributed by atoms with E-state index in [4.69, 9.17) is 14.2 Å². The van der Waals surface area contributed by atoms with Crippen LogP contribution >= 0.6 is 0 Å². The molecule has 0 aromatic heterocycles. The Morgan fingerprint density at radius 3 is 2.69 bits per heavy atom. The van der Waals surface area contributed by atoms with Crippen molar-refractivity contribution < 1.29 is 33.4 Å². The first-order valence-corrected chi connectivity index (χ1v) is 9.42. The molecule has 0 aromatic carbocycles. The lowest BCUT2D eigenvalue weighted by molar-refractivity contribution is -0.183. The number of likely N-dealkylation sites (N-methyl/N-ethyl adjacent to an activating group) is 1. The van der Waals surface area contributed by atoms with Crippen molar-refractivity contribution >= 4 is 23.7 Å². The number of nitrogens with zero attached hydrogens (tertiary/aromatic N) is 1. The summed E-state index contributed by atoms with van der Waals surface area (Å²) in [5, 5.41) is 0. The van der Waals surface area contributed by atoms with Gasteiger partial charge in [0, 0.05) is 37.9 Å². The van der Waals surface area contributed by atoms with Gasteiger partial charge in [0.1, 0.15) is 6.61 Å². The van der Waals surface area contributed by atoms with Crippen molar-refractivity contribution in [1.29, 1.82) is 0 Å². The number of cyclic esters (lactones) is 1. The van der Waals surface area contributed by atoms with Crippen LogP contribution in [0.25, 0.3) is 0 Å². The van der Waals surface area contributed by atoms with E-state index in [1.54, 1.807) is 13.0 Å². The van der Waals surface area contributed by atoms with Crippen molar-refractivity contribution in [3.63, 3.8) is 0 Å². The zero-order valence-electron chi connectivity index (χ0n) is 17.2. The second kappa shape index (κ2) is 9.17. The maximum absolute atomic E-state index is 12.9. The molecule has 2 bridgehead atoms. The Kier molecular flexibility index (Phi) is 7.13. The van der Waals surface area contributed by atoms with Crippen molar-refractivity contribution in [2.75, 3.05) is 26.7 Å². The normalized spacial score (nSPS) is 33.2. The van der Waals surface area contributed by atoms with Crippen LogP contribution in [0.3, 0.4) is 0 Å². The number of carbonyl (C=O) groups is 4. The molecular formula is C21H27NO7. The molecule has 3 unspecified atom stereocenters. The van der Waals surface area contributed by atoms with E-state index < -0.39 is 41.3 Å². The van der Waals surface area contributed by atoms with Gasteiger partial charge in [0.05, 0.1) is 5.57 Å². The van der Waals surface area contributed by atoms with E-state index >= 15 is 0 Å². The Hall–Kier alpha value is -2.74. The summed E-state index contributed by atoms with van der Waals surface area (Å²) in [6.45, 7) is 8.54. The van der Waals surface area contributed by atoms with Gasteiger partial charge in [0.25, 0.3) is 0 Å². The monoisotopic (exact) mass is 405 g/mol. The second-order valence-corrected chi connectivity index (χ2v) is 7.43. The van der Waals surface area contributed by atoms with Gasteiger partial charge in [-0.1, -0.05) is 31.7 Å². The van der Waals surface area contributed by atoms with Crippen LogP contribution in [0.5, 0.6) is 0 Å². The van der Waals surface area contributed by atoms with Crippen molar-refractivity contribution in [2.45, 2.75) is 38.9 Å². The minimum Gasteiger partial charge on any atom is -0.458 e. The van der Waals surface area contributed by atoms with Crippen molar-refractivity contribution in [3.8, 4) is 0 Å². The molecule has 2 heterocycles. The number of fused-ring (bicyclic) bond motifs is 2. The van der Waals surface area contributed by atoms with Gasteiger partial charge in [-0.05, 0) is 14.0 Å². The van der Waals surface area contributed by atoms with Gasteiger partial charge in [-0.3, -0.25) is 9.59 Å². The maximum Gasteiger partial charge on any atom is 0.351 e. The van der Waals surface area contributed by atoms with E-state index in [2.05, 4.69) is 6.58 Å². The molecule has 0 radical (unpaired) electrons. The Balaban J connectivity index is 2.54. The highest BCUT2D eigenvalue weighted by atomic mass is 16.6. The summed E-state index contributed by atoms with van der Waals surface area (Å²) in [6.07, 6.45) is 3.68. The average molecular weight is 405 g/mol. The van der Waals surface area contributed by atoms with Crippen LogP contribution in [-0.2, 0) is 33.4 Å². The van der Waals surface area contributed by atoms with Gasteiger partial charge in [0.2, 0.25) is 11.4 Å². The van der Waals surface area contributed by atoms with E-state index in [-0.39, 0.29) is 17.8 Å². The Morgan fingerprint density at radius 1 is 1.38 bits per heavy atom. The molecule has 0 saturated heterocycles. The third-order valence-corrected chi connectivity index (χ3v) is 5.15. The molecule has 158 valence electrons. The van der Waals surface area contributed by atoms with E-state index in [1.807, 2.05) is 11.9 Å². The van der Waals surface area contributed by atoms with Crippen molar-refractivity contribution in [1.82, 2.24) is 4.90 Å². The molecule has 8 nitrogen and oxygen atoms in total. The standard InChI is InChI=1S/C21H27NO7/c1-6-15-11-13(2)21(4,29-14(3)23)20(26)27-12-16-7-9-22(5)10-8-17(18(16)24)28-19(15)25/h6-7,11,13,17H,1,8-10,12H2,2-5H3/b15-11+,16-7-. The van der Waals surface area contributed by atoms with Gasteiger partial charge in [-0.25, -0.2) is 9.59 Å². The third kappa shape index (κ3) is 5.20. The zero-order chi connectivity index (χ0) is 21.8. The summed E-state index contributed by atoms with van der Waals surface area (Å²) in [5.41, 5.74) is -1.40. The first-order chi connectivity index (χ1) is 13.6. The van der Waals surface area contributed by atoms with Crippen LogP contribution in [0.2, 0.25) is 0 Å². The number of carbonyl (C=O) groups excluding carboxylic acids is 4. The molecule has 0 aliphatic carbocycles. The number of rotatable bonds is 2. The Morgan fingerprint density at radius 2 is 2.07 bits per heavy atom. The van der Waals surface area contributed by atoms with Gasteiger partial charge < -0.3 is 19.1 Å². The van der Waals surface area contributed by atoms with Crippen LogP contribution in [0, 0.1) is 5.92 Å². The predicted molar refractivity (Wildman–Crippen MR) is 104 cm³/mol. The fourth-order valence-corrected chi connectivity index (χ4v) is 3.13. The summed E-state index contributed by atoms with van der Waals surface area (Å²) >= 11 is 0. The number of ketones is 1. The maximum atomic E-state index is 12.9. The number of hydrogen-bond donors (Lipinski definition) is 0. The van der Waals surface area contributed by atoms with Gasteiger partial charge in [-0.15, -0.1) is 0 Å². The summed E-state index contributed by atoms with van der Waals surface area (Å²) in [5.74, 6) is -3.35. The van der Waals surface area contributed by atoms with Crippen molar-refractivity contribution in [3.05, 3.63) is 36.0 Å². The fraction of sp³-hybridized carbons (Fsp3) is 0.524. The van der Waals surface area contributed by atoms with E-state index in [0.29, 0.717) is 19.5 Å². The number of esters is 3. The summed E-state index contributed by atoms with van der Waals surface area (Å²) in [6, 6.07) is 0. The quantitative estimate of drug-likeness (QED) is 0.502. The first-order valence-electron chi connectivity index (χ1n) is 9.42. The summed E-state index contributed by atoms with van der Waals surface area (Å²) in [4.78, 5) is 52.0. The first kappa shape index (κ1) is 22.5.